The molecular weight excluding hydrogens is 186 g/mol. The lowest BCUT2D eigenvalue weighted by molar-refractivity contribution is 0.195. The topological polar surface area (TPSA) is 23.5 Å². The lowest BCUT2D eigenvalue weighted by atomic mass is 10.1. The summed E-state index contributed by atoms with van der Waals surface area (Å²) in [7, 11) is 4.17. The molecule has 1 aromatic carbocycles. The number of rotatable bonds is 5. The largest absolute Gasteiger partial charge is 0.393 e. The van der Waals surface area contributed by atoms with E-state index in [-0.39, 0.29) is 6.10 Å². The lowest BCUT2D eigenvalue weighted by Crippen LogP contribution is -2.15. The highest BCUT2D eigenvalue weighted by Gasteiger charge is 1.99. The van der Waals surface area contributed by atoms with Gasteiger partial charge in [0.05, 0.1) is 6.10 Å². The second-order valence-electron chi connectivity index (χ2n) is 4.42. The van der Waals surface area contributed by atoms with Gasteiger partial charge in [-0.2, -0.15) is 0 Å². The molecule has 1 aromatic rings. The number of aliphatic hydroxyl groups excluding tert-OH is 1. The van der Waals surface area contributed by atoms with Crippen molar-refractivity contribution < 1.29 is 5.11 Å². The Hall–Kier alpha value is -0.860. The normalized spacial score (nSPS) is 13.1. The minimum atomic E-state index is -0.252. The van der Waals surface area contributed by atoms with Gasteiger partial charge >= 0.3 is 0 Å². The summed E-state index contributed by atoms with van der Waals surface area (Å²) >= 11 is 0. The first kappa shape index (κ1) is 12.2. The van der Waals surface area contributed by atoms with Crippen LogP contribution in [0.3, 0.4) is 0 Å². The minimum absolute atomic E-state index is 0.252. The third-order valence-corrected chi connectivity index (χ3v) is 2.40. The molecule has 1 unspecified atom stereocenters. The fourth-order valence-electron chi connectivity index (χ4n) is 1.54. The summed E-state index contributed by atoms with van der Waals surface area (Å²) in [6.07, 6.45) is 1.58. The van der Waals surface area contributed by atoms with Gasteiger partial charge in [-0.1, -0.05) is 24.3 Å². The molecule has 15 heavy (non-hydrogen) atoms. The van der Waals surface area contributed by atoms with Crippen LogP contribution in [-0.2, 0) is 12.8 Å². The van der Waals surface area contributed by atoms with Gasteiger partial charge < -0.3 is 10.0 Å². The fourth-order valence-corrected chi connectivity index (χ4v) is 1.54. The molecule has 84 valence electrons. The molecule has 0 saturated carbocycles. The van der Waals surface area contributed by atoms with Crippen LogP contribution in [0.25, 0.3) is 0 Å². The van der Waals surface area contributed by atoms with Crippen molar-refractivity contribution in [3.63, 3.8) is 0 Å². The Morgan fingerprint density at radius 3 is 2.13 bits per heavy atom. The molecule has 2 heteroatoms. The van der Waals surface area contributed by atoms with Gasteiger partial charge in [-0.3, -0.25) is 0 Å². The maximum atomic E-state index is 9.24. The molecule has 0 bridgehead atoms. The number of hydrogen-bond acceptors (Lipinski definition) is 2. The van der Waals surface area contributed by atoms with Crippen molar-refractivity contribution in [2.45, 2.75) is 25.9 Å². The zero-order valence-corrected chi connectivity index (χ0v) is 9.90. The van der Waals surface area contributed by atoms with E-state index in [0.29, 0.717) is 0 Å². The van der Waals surface area contributed by atoms with Crippen molar-refractivity contribution in [3.8, 4) is 0 Å². The van der Waals surface area contributed by atoms with E-state index < -0.39 is 0 Å². The molecule has 0 spiro atoms. The van der Waals surface area contributed by atoms with Crippen LogP contribution in [-0.4, -0.2) is 36.8 Å². The highest BCUT2D eigenvalue weighted by Crippen LogP contribution is 2.07. The average molecular weight is 207 g/mol. The molecule has 2 nitrogen and oxygen atoms in total. The highest BCUT2D eigenvalue weighted by molar-refractivity contribution is 5.23. The quantitative estimate of drug-likeness (QED) is 0.794. The lowest BCUT2D eigenvalue weighted by Gasteiger charge is -2.10. The maximum absolute atomic E-state index is 9.24. The Bertz CT molecular complexity index is 277. The van der Waals surface area contributed by atoms with E-state index in [2.05, 4.69) is 43.3 Å². The summed E-state index contributed by atoms with van der Waals surface area (Å²) < 4.78 is 0. The van der Waals surface area contributed by atoms with Gasteiger partial charge in [-0.25, -0.2) is 0 Å². The van der Waals surface area contributed by atoms with Gasteiger partial charge in [0.2, 0.25) is 0 Å². The predicted octanol–water partition coefficient (Wildman–Crippen LogP) is 1.71. The molecule has 0 aromatic heterocycles. The van der Waals surface area contributed by atoms with Gasteiger partial charge in [-0.15, -0.1) is 0 Å². The molecule has 0 aliphatic rings. The van der Waals surface area contributed by atoms with Crippen LogP contribution in [0, 0.1) is 0 Å². The highest BCUT2D eigenvalue weighted by atomic mass is 16.3. The summed E-state index contributed by atoms with van der Waals surface area (Å²) in [5.41, 5.74) is 2.57. The first-order valence-corrected chi connectivity index (χ1v) is 5.48. The first-order chi connectivity index (χ1) is 7.08. The van der Waals surface area contributed by atoms with E-state index in [1.165, 1.54) is 11.1 Å². The second-order valence-corrected chi connectivity index (χ2v) is 4.42. The Labute approximate surface area is 92.5 Å². The zero-order chi connectivity index (χ0) is 11.3. The molecule has 0 fully saturated rings. The van der Waals surface area contributed by atoms with Gasteiger partial charge in [0.1, 0.15) is 0 Å². The van der Waals surface area contributed by atoms with Crippen molar-refractivity contribution in [3.05, 3.63) is 35.4 Å². The third kappa shape index (κ3) is 4.96. The van der Waals surface area contributed by atoms with Crippen LogP contribution in [0.5, 0.6) is 0 Å². The maximum Gasteiger partial charge on any atom is 0.0552 e. The van der Waals surface area contributed by atoms with Crippen molar-refractivity contribution in [1.29, 1.82) is 0 Å². The standard InChI is InChI=1S/C13H21NO/c1-11(15)10-13-6-4-12(5-7-13)8-9-14(2)3/h4-7,11,15H,8-10H2,1-3H3. The first-order valence-electron chi connectivity index (χ1n) is 5.48. The smallest absolute Gasteiger partial charge is 0.0552 e. The van der Waals surface area contributed by atoms with Gasteiger partial charge in [0.25, 0.3) is 0 Å². The molecule has 1 N–H and O–H groups in total. The molecule has 0 aliphatic heterocycles. The van der Waals surface area contributed by atoms with Crippen LogP contribution < -0.4 is 0 Å². The summed E-state index contributed by atoms with van der Waals surface area (Å²) in [5.74, 6) is 0. The van der Waals surface area contributed by atoms with Crippen LogP contribution in [0.2, 0.25) is 0 Å². The van der Waals surface area contributed by atoms with E-state index >= 15 is 0 Å². The van der Waals surface area contributed by atoms with Crippen LogP contribution in [0.4, 0.5) is 0 Å². The predicted molar refractivity (Wildman–Crippen MR) is 64.1 cm³/mol. The SMILES string of the molecule is CC(O)Cc1ccc(CCN(C)C)cc1. The van der Waals surface area contributed by atoms with E-state index in [4.69, 9.17) is 0 Å². The summed E-state index contributed by atoms with van der Waals surface area (Å²) in [6, 6.07) is 8.53. The van der Waals surface area contributed by atoms with Crippen LogP contribution in [0.1, 0.15) is 18.1 Å². The van der Waals surface area contributed by atoms with Crippen molar-refractivity contribution in [2.24, 2.45) is 0 Å². The van der Waals surface area contributed by atoms with E-state index in [0.717, 1.165) is 19.4 Å². The number of benzene rings is 1. The minimum Gasteiger partial charge on any atom is -0.393 e. The van der Waals surface area contributed by atoms with Crippen molar-refractivity contribution in [1.82, 2.24) is 4.90 Å². The van der Waals surface area contributed by atoms with E-state index in [1.54, 1.807) is 0 Å². The van der Waals surface area contributed by atoms with Crippen LogP contribution >= 0.6 is 0 Å². The van der Waals surface area contributed by atoms with Crippen molar-refractivity contribution in [2.75, 3.05) is 20.6 Å². The van der Waals surface area contributed by atoms with Gasteiger partial charge in [-0.05, 0) is 45.0 Å². The summed E-state index contributed by atoms with van der Waals surface area (Å²) in [4.78, 5) is 2.18. The van der Waals surface area contributed by atoms with Crippen LogP contribution in [0.15, 0.2) is 24.3 Å². The average Bonchev–Trinajstić information content (AvgIpc) is 2.16. The van der Waals surface area contributed by atoms with E-state index in [9.17, 15) is 5.11 Å². The zero-order valence-electron chi connectivity index (χ0n) is 9.90. The molecule has 0 aliphatic carbocycles. The fraction of sp³-hybridized carbons (Fsp3) is 0.538. The molecule has 0 amide bonds. The van der Waals surface area contributed by atoms with Gasteiger partial charge in [0.15, 0.2) is 0 Å². The Kier molecular flexibility index (Phi) is 4.79. The molecule has 0 saturated heterocycles. The molecular formula is C13H21NO. The number of nitrogens with zero attached hydrogens (tertiary/aromatic N) is 1. The molecule has 1 rings (SSSR count). The Morgan fingerprint density at radius 1 is 1.13 bits per heavy atom. The molecule has 0 radical (unpaired) electrons. The summed E-state index contributed by atoms with van der Waals surface area (Å²) in [6.45, 7) is 2.90. The number of likely N-dealkylation sites (N-methyl/N-ethyl adjacent to an activating group) is 1. The molecule has 1 atom stereocenters. The number of aliphatic hydroxyl groups is 1. The Balaban J connectivity index is 2.49. The van der Waals surface area contributed by atoms with Crippen molar-refractivity contribution >= 4 is 0 Å². The van der Waals surface area contributed by atoms with E-state index in [1.807, 2.05) is 6.92 Å². The Morgan fingerprint density at radius 2 is 1.67 bits per heavy atom. The molecule has 0 heterocycles. The third-order valence-electron chi connectivity index (χ3n) is 2.40. The van der Waals surface area contributed by atoms with Gasteiger partial charge in [0, 0.05) is 6.54 Å². The second kappa shape index (κ2) is 5.89. The monoisotopic (exact) mass is 207 g/mol. The summed E-state index contributed by atoms with van der Waals surface area (Å²) in [5, 5.41) is 9.24. The number of hydrogen-bond donors (Lipinski definition) is 1.